The first kappa shape index (κ1) is 14.2. The van der Waals surface area contributed by atoms with Crippen LogP contribution in [0.2, 0.25) is 0 Å². The lowest BCUT2D eigenvalue weighted by molar-refractivity contribution is -0.384. The average Bonchev–Trinajstić information content (AvgIpc) is 2.85. The van der Waals surface area contributed by atoms with Gasteiger partial charge in [-0.1, -0.05) is 19.1 Å². The van der Waals surface area contributed by atoms with E-state index in [4.69, 9.17) is 4.42 Å². The van der Waals surface area contributed by atoms with Gasteiger partial charge in [-0.15, -0.1) is 0 Å². The van der Waals surface area contributed by atoms with E-state index >= 15 is 0 Å². The third-order valence-electron chi connectivity index (χ3n) is 3.06. The molecular weight excluding hydrogens is 258 g/mol. The SMILES string of the molecule is CCC(NCc1ncc(C)o1)c1cccc([N+](=O)[O-])c1. The molecule has 1 N–H and O–H groups in total. The number of nitrogens with zero attached hydrogens (tertiary/aromatic N) is 2. The molecule has 2 rings (SSSR count). The lowest BCUT2D eigenvalue weighted by Crippen LogP contribution is -2.20. The fourth-order valence-electron chi connectivity index (χ4n) is 2.05. The highest BCUT2D eigenvalue weighted by Gasteiger charge is 2.13. The minimum atomic E-state index is -0.381. The topological polar surface area (TPSA) is 81.2 Å². The Bertz CT molecular complexity index is 595. The number of nitro groups is 1. The van der Waals surface area contributed by atoms with Crippen LogP contribution in [0.25, 0.3) is 0 Å². The molecule has 0 spiro atoms. The summed E-state index contributed by atoms with van der Waals surface area (Å²) in [6.07, 6.45) is 2.49. The number of non-ortho nitro benzene ring substituents is 1. The highest BCUT2D eigenvalue weighted by molar-refractivity contribution is 5.35. The molecule has 1 aromatic heterocycles. The Balaban J connectivity index is 2.07. The molecule has 1 heterocycles. The van der Waals surface area contributed by atoms with Gasteiger partial charge in [-0.05, 0) is 18.9 Å². The predicted molar refractivity (Wildman–Crippen MR) is 74.2 cm³/mol. The maximum Gasteiger partial charge on any atom is 0.269 e. The van der Waals surface area contributed by atoms with E-state index < -0.39 is 0 Å². The summed E-state index contributed by atoms with van der Waals surface area (Å²) in [4.78, 5) is 14.5. The summed E-state index contributed by atoms with van der Waals surface area (Å²) in [7, 11) is 0. The fourth-order valence-corrected chi connectivity index (χ4v) is 2.05. The molecule has 2 aromatic rings. The van der Waals surface area contributed by atoms with Crippen molar-refractivity contribution in [2.45, 2.75) is 32.9 Å². The van der Waals surface area contributed by atoms with Gasteiger partial charge in [-0.25, -0.2) is 4.98 Å². The standard InChI is InChI=1S/C14H17N3O3/c1-3-13(15-9-14-16-8-10(2)20-14)11-5-4-6-12(7-11)17(18)19/h4-8,13,15H,3,9H2,1-2H3. The van der Waals surface area contributed by atoms with E-state index in [0.29, 0.717) is 12.4 Å². The third-order valence-corrected chi connectivity index (χ3v) is 3.06. The van der Waals surface area contributed by atoms with Crippen molar-refractivity contribution in [2.75, 3.05) is 0 Å². The van der Waals surface area contributed by atoms with Crippen LogP contribution in [0, 0.1) is 17.0 Å². The first-order valence-corrected chi connectivity index (χ1v) is 6.49. The van der Waals surface area contributed by atoms with Gasteiger partial charge in [-0.2, -0.15) is 0 Å². The molecule has 0 radical (unpaired) electrons. The normalized spacial score (nSPS) is 12.3. The van der Waals surface area contributed by atoms with Gasteiger partial charge in [0.2, 0.25) is 5.89 Å². The number of aromatic nitrogens is 1. The molecule has 0 bridgehead atoms. The van der Waals surface area contributed by atoms with Crippen LogP contribution in [0.4, 0.5) is 5.69 Å². The van der Waals surface area contributed by atoms with E-state index in [9.17, 15) is 10.1 Å². The van der Waals surface area contributed by atoms with Gasteiger partial charge in [0, 0.05) is 18.2 Å². The summed E-state index contributed by atoms with van der Waals surface area (Å²) >= 11 is 0. The van der Waals surface area contributed by atoms with Gasteiger partial charge < -0.3 is 9.73 Å². The van der Waals surface area contributed by atoms with Gasteiger partial charge in [0.15, 0.2) is 0 Å². The maximum absolute atomic E-state index is 10.8. The molecule has 1 atom stereocenters. The Labute approximate surface area is 117 Å². The highest BCUT2D eigenvalue weighted by Crippen LogP contribution is 2.21. The molecule has 0 saturated heterocycles. The Morgan fingerprint density at radius 1 is 1.50 bits per heavy atom. The van der Waals surface area contributed by atoms with E-state index in [1.165, 1.54) is 6.07 Å². The van der Waals surface area contributed by atoms with Crippen molar-refractivity contribution >= 4 is 5.69 Å². The molecule has 1 aromatic carbocycles. The smallest absolute Gasteiger partial charge is 0.269 e. The average molecular weight is 275 g/mol. The zero-order chi connectivity index (χ0) is 14.5. The molecule has 0 aliphatic rings. The first-order valence-electron chi connectivity index (χ1n) is 6.49. The first-order chi connectivity index (χ1) is 9.60. The lowest BCUT2D eigenvalue weighted by atomic mass is 10.0. The number of nitrogens with one attached hydrogen (secondary N) is 1. The number of hydrogen-bond acceptors (Lipinski definition) is 5. The second kappa shape index (κ2) is 6.29. The van der Waals surface area contributed by atoms with Crippen molar-refractivity contribution in [1.82, 2.24) is 10.3 Å². The van der Waals surface area contributed by atoms with E-state index in [1.54, 1.807) is 18.3 Å². The van der Waals surface area contributed by atoms with Crippen molar-refractivity contribution in [1.29, 1.82) is 0 Å². The van der Waals surface area contributed by atoms with Crippen molar-refractivity contribution in [2.24, 2.45) is 0 Å². The summed E-state index contributed by atoms with van der Waals surface area (Å²) in [5.41, 5.74) is 1.000. The van der Waals surface area contributed by atoms with Crippen LogP contribution in [-0.4, -0.2) is 9.91 Å². The number of aryl methyl sites for hydroxylation is 1. The Morgan fingerprint density at radius 3 is 2.90 bits per heavy atom. The number of nitro benzene ring substituents is 1. The molecule has 20 heavy (non-hydrogen) atoms. The van der Waals surface area contributed by atoms with Crippen molar-refractivity contribution in [3.63, 3.8) is 0 Å². The molecule has 0 saturated carbocycles. The van der Waals surface area contributed by atoms with Crippen molar-refractivity contribution in [3.8, 4) is 0 Å². The molecule has 0 fully saturated rings. The van der Waals surface area contributed by atoms with Crippen molar-refractivity contribution < 1.29 is 9.34 Å². The summed E-state index contributed by atoms with van der Waals surface area (Å²) in [6.45, 7) is 4.36. The van der Waals surface area contributed by atoms with Gasteiger partial charge in [-0.3, -0.25) is 10.1 Å². The lowest BCUT2D eigenvalue weighted by Gasteiger charge is -2.16. The second-order valence-electron chi connectivity index (χ2n) is 4.56. The summed E-state index contributed by atoms with van der Waals surface area (Å²) < 4.78 is 5.39. The van der Waals surface area contributed by atoms with Crippen LogP contribution >= 0.6 is 0 Å². The Hall–Kier alpha value is -2.21. The van der Waals surface area contributed by atoms with Crippen LogP contribution in [0.5, 0.6) is 0 Å². The van der Waals surface area contributed by atoms with E-state index in [0.717, 1.165) is 17.7 Å². The molecule has 0 amide bonds. The minimum absolute atomic E-state index is 0.0297. The number of hydrogen-bond donors (Lipinski definition) is 1. The van der Waals surface area contributed by atoms with Crippen LogP contribution in [-0.2, 0) is 6.54 Å². The molecular formula is C14H17N3O3. The molecule has 0 aliphatic carbocycles. The zero-order valence-corrected chi connectivity index (χ0v) is 11.5. The van der Waals surface area contributed by atoms with Crippen LogP contribution in [0.15, 0.2) is 34.9 Å². The summed E-state index contributed by atoms with van der Waals surface area (Å²) in [5.74, 6) is 1.39. The van der Waals surface area contributed by atoms with E-state index in [1.807, 2.05) is 19.9 Å². The van der Waals surface area contributed by atoms with Crippen LogP contribution < -0.4 is 5.32 Å². The van der Waals surface area contributed by atoms with Gasteiger partial charge in [0.25, 0.3) is 5.69 Å². The Kier molecular flexibility index (Phi) is 4.47. The molecule has 6 nitrogen and oxygen atoms in total. The quantitative estimate of drug-likeness (QED) is 0.647. The van der Waals surface area contributed by atoms with Crippen LogP contribution in [0.1, 0.15) is 36.6 Å². The second-order valence-corrected chi connectivity index (χ2v) is 4.56. The minimum Gasteiger partial charge on any atom is -0.445 e. The molecule has 6 heteroatoms. The largest absolute Gasteiger partial charge is 0.445 e. The van der Waals surface area contributed by atoms with Gasteiger partial charge in [0.05, 0.1) is 17.7 Å². The number of benzene rings is 1. The Morgan fingerprint density at radius 2 is 2.30 bits per heavy atom. The maximum atomic E-state index is 10.8. The molecule has 0 aliphatic heterocycles. The van der Waals surface area contributed by atoms with E-state index in [2.05, 4.69) is 10.3 Å². The monoisotopic (exact) mass is 275 g/mol. The predicted octanol–water partition coefficient (Wildman–Crippen LogP) is 3.13. The van der Waals surface area contributed by atoms with Crippen molar-refractivity contribution in [3.05, 3.63) is 57.8 Å². The van der Waals surface area contributed by atoms with Gasteiger partial charge in [0.1, 0.15) is 5.76 Å². The third kappa shape index (κ3) is 3.42. The molecule has 106 valence electrons. The fraction of sp³-hybridized carbons (Fsp3) is 0.357. The zero-order valence-electron chi connectivity index (χ0n) is 11.5. The summed E-state index contributed by atoms with van der Waals surface area (Å²) in [5, 5.41) is 14.1. The summed E-state index contributed by atoms with van der Waals surface area (Å²) in [6, 6.07) is 6.71. The van der Waals surface area contributed by atoms with Gasteiger partial charge >= 0.3 is 0 Å². The molecule has 1 unspecified atom stereocenters. The number of rotatable bonds is 6. The van der Waals surface area contributed by atoms with Crippen LogP contribution in [0.3, 0.4) is 0 Å². The highest BCUT2D eigenvalue weighted by atomic mass is 16.6. The van der Waals surface area contributed by atoms with E-state index in [-0.39, 0.29) is 16.7 Å². The number of oxazole rings is 1.